The van der Waals surface area contributed by atoms with Crippen molar-refractivity contribution in [2.24, 2.45) is 14.1 Å². The lowest BCUT2D eigenvalue weighted by Gasteiger charge is -2.34. The number of amides is 4. The maximum Gasteiger partial charge on any atom is 0.337 e. The van der Waals surface area contributed by atoms with Crippen LogP contribution in [-0.2, 0) is 23.6 Å². The zero-order valence-corrected chi connectivity index (χ0v) is 33.4. The van der Waals surface area contributed by atoms with Gasteiger partial charge in [-0.3, -0.25) is 19.2 Å². The SMILES string of the molecule is COC(=O)c1ccc(NC(=O)c2cc(-c3ccc(NC(=O)c4cc(NC(=O)CCCOc5cc6c(cc5OC)C(=O)N5CCCC[C@H]5CN6)cn4C)cc3)cn2C)cc1. The molecular weight excluding hydrogens is 755 g/mol. The lowest BCUT2D eigenvalue weighted by Crippen LogP contribution is -2.45. The van der Waals surface area contributed by atoms with Gasteiger partial charge in [0.1, 0.15) is 11.4 Å². The Morgan fingerprint density at radius 1 is 0.763 bits per heavy atom. The standard InChI is InChI=1S/C44H47N7O8/c1-49-25-29(20-36(49)41(53)47-31-16-12-28(13-17-31)44(56)58-4)27-10-14-30(15-11-27)48-42(54)37-21-32(26-50(37)2)46-40(52)9-7-19-59-39-23-35-34(22-38(39)57-3)43(55)51-18-6-5-8-33(51)24-45-35/h10-17,20-23,25-26,33,45H,5-9,18-19,24H2,1-4H3,(H,46,52)(H,47,53)(H,48,54)/t33-/m0/s1. The highest BCUT2D eigenvalue weighted by Gasteiger charge is 2.32. The monoisotopic (exact) mass is 801 g/mol. The largest absolute Gasteiger partial charge is 0.493 e. The van der Waals surface area contributed by atoms with E-state index in [9.17, 15) is 24.0 Å². The summed E-state index contributed by atoms with van der Waals surface area (Å²) in [5, 5.41) is 12.0. The molecule has 59 heavy (non-hydrogen) atoms. The molecule has 15 nitrogen and oxygen atoms in total. The number of benzene rings is 3. The van der Waals surface area contributed by atoms with Gasteiger partial charge in [-0.05, 0) is 85.8 Å². The van der Waals surface area contributed by atoms with Crippen molar-refractivity contribution in [3.63, 3.8) is 0 Å². The predicted octanol–water partition coefficient (Wildman–Crippen LogP) is 6.55. The average Bonchev–Trinajstić information content (AvgIpc) is 3.78. The Balaban J connectivity index is 0.890. The van der Waals surface area contributed by atoms with Crippen LogP contribution in [0.3, 0.4) is 0 Å². The number of nitrogens with one attached hydrogen (secondary N) is 4. The molecule has 0 aliphatic carbocycles. The Morgan fingerprint density at radius 2 is 1.44 bits per heavy atom. The highest BCUT2D eigenvalue weighted by atomic mass is 16.5. The minimum atomic E-state index is -0.458. The van der Waals surface area contributed by atoms with Crippen molar-refractivity contribution in [3.05, 3.63) is 108 Å². The van der Waals surface area contributed by atoms with Gasteiger partial charge in [0.25, 0.3) is 17.7 Å². The quantitative estimate of drug-likeness (QED) is 0.0761. The molecule has 3 aromatic carbocycles. The molecule has 0 spiro atoms. The first-order valence-corrected chi connectivity index (χ1v) is 19.4. The Labute approximate surface area is 341 Å². The lowest BCUT2D eigenvalue weighted by molar-refractivity contribution is -0.116. The van der Waals surface area contributed by atoms with Crippen molar-refractivity contribution in [1.82, 2.24) is 14.0 Å². The van der Waals surface area contributed by atoms with Gasteiger partial charge in [-0.15, -0.1) is 0 Å². The molecule has 1 fully saturated rings. The van der Waals surface area contributed by atoms with Crippen LogP contribution in [-0.4, -0.2) is 83.6 Å². The Hall–Kier alpha value is -7.03. The van der Waals surface area contributed by atoms with Gasteiger partial charge in [0, 0.05) is 75.0 Å². The first-order chi connectivity index (χ1) is 28.5. The molecule has 0 radical (unpaired) electrons. The second-order valence-electron chi connectivity index (χ2n) is 14.6. The summed E-state index contributed by atoms with van der Waals surface area (Å²) in [6, 6.07) is 20.8. The van der Waals surface area contributed by atoms with Crippen LogP contribution in [0.1, 0.15) is 73.8 Å². The molecule has 5 aromatic rings. The van der Waals surface area contributed by atoms with Crippen LogP contribution < -0.4 is 30.7 Å². The third kappa shape index (κ3) is 9.09. The van der Waals surface area contributed by atoms with Gasteiger partial charge in [-0.25, -0.2) is 4.79 Å². The molecule has 0 bridgehead atoms. The number of aryl methyl sites for hydroxylation is 2. The molecule has 7 rings (SSSR count). The van der Waals surface area contributed by atoms with E-state index in [2.05, 4.69) is 21.3 Å². The zero-order chi connectivity index (χ0) is 41.6. The summed E-state index contributed by atoms with van der Waals surface area (Å²) in [5.74, 6) is -0.394. The molecule has 15 heteroatoms. The summed E-state index contributed by atoms with van der Waals surface area (Å²) in [4.78, 5) is 66.1. The van der Waals surface area contributed by atoms with Crippen LogP contribution >= 0.6 is 0 Å². The van der Waals surface area contributed by atoms with Gasteiger partial charge in [-0.2, -0.15) is 0 Å². The number of hydrogen-bond donors (Lipinski definition) is 4. The minimum Gasteiger partial charge on any atom is -0.493 e. The normalized spacial score (nSPS) is 14.5. The fourth-order valence-electron chi connectivity index (χ4n) is 7.41. The topological polar surface area (TPSA) is 174 Å². The molecule has 4 heterocycles. The molecule has 1 atom stereocenters. The zero-order valence-electron chi connectivity index (χ0n) is 33.4. The van der Waals surface area contributed by atoms with E-state index in [1.165, 1.54) is 14.2 Å². The number of esters is 1. The first-order valence-electron chi connectivity index (χ1n) is 19.4. The number of carbonyl (C=O) groups is 5. The van der Waals surface area contributed by atoms with E-state index >= 15 is 0 Å². The lowest BCUT2D eigenvalue weighted by atomic mass is 10.0. The summed E-state index contributed by atoms with van der Waals surface area (Å²) < 4.78 is 19.7. The van der Waals surface area contributed by atoms with Gasteiger partial charge in [0.15, 0.2) is 11.5 Å². The van der Waals surface area contributed by atoms with Gasteiger partial charge in [-0.1, -0.05) is 12.1 Å². The number of hydrogen-bond acceptors (Lipinski definition) is 9. The number of carbonyl (C=O) groups excluding carboxylic acids is 5. The summed E-state index contributed by atoms with van der Waals surface area (Å²) in [6.07, 6.45) is 7.22. The van der Waals surface area contributed by atoms with Crippen LogP contribution in [0.5, 0.6) is 11.5 Å². The molecule has 0 saturated carbocycles. The second kappa shape index (κ2) is 17.6. The Kier molecular flexibility index (Phi) is 12.0. The second-order valence-corrected chi connectivity index (χ2v) is 14.6. The van der Waals surface area contributed by atoms with Crippen molar-refractivity contribution in [2.45, 2.75) is 38.1 Å². The third-order valence-electron chi connectivity index (χ3n) is 10.6. The number of fused-ring (bicyclic) bond motifs is 2. The highest BCUT2D eigenvalue weighted by molar-refractivity contribution is 6.06. The number of nitrogens with zero attached hydrogens (tertiary/aromatic N) is 3. The van der Waals surface area contributed by atoms with Gasteiger partial charge < -0.3 is 49.5 Å². The third-order valence-corrected chi connectivity index (χ3v) is 10.6. The van der Waals surface area contributed by atoms with Gasteiger partial charge >= 0.3 is 5.97 Å². The number of aromatic nitrogens is 2. The molecule has 2 aliphatic rings. The van der Waals surface area contributed by atoms with Crippen LogP contribution in [0.4, 0.5) is 22.7 Å². The first kappa shape index (κ1) is 40.2. The van der Waals surface area contributed by atoms with E-state index in [0.29, 0.717) is 69.7 Å². The van der Waals surface area contributed by atoms with Crippen molar-refractivity contribution in [2.75, 3.05) is 55.2 Å². The number of rotatable bonds is 13. The number of piperidine rings is 1. The van der Waals surface area contributed by atoms with Gasteiger partial charge in [0.2, 0.25) is 5.91 Å². The maximum atomic E-state index is 13.3. The molecule has 306 valence electrons. The molecule has 2 aliphatic heterocycles. The maximum absolute atomic E-state index is 13.3. The fraction of sp³-hybridized carbons (Fsp3) is 0.295. The summed E-state index contributed by atoms with van der Waals surface area (Å²) >= 11 is 0. The number of methoxy groups -OCH3 is 2. The van der Waals surface area contributed by atoms with Crippen molar-refractivity contribution >= 4 is 52.3 Å². The van der Waals surface area contributed by atoms with Crippen LogP contribution in [0, 0.1) is 0 Å². The van der Waals surface area contributed by atoms with E-state index in [0.717, 1.165) is 36.9 Å². The minimum absolute atomic E-state index is 0.0000216. The Morgan fingerprint density at radius 3 is 2.14 bits per heavy atom. The van der Waals surface area contributed by atoms with E-state index in [1.54, 1.807) is 90.1 Å². The molecule has 4 N–H and O–H groups in total. The highest BCUT2D eigenvalue weighted by Crippen LogP contribution is 2.37. The predicted molar refractivity (Wildman–Crippen MR) is 223 cm³/mol. The fourth-order valence-corrected chi connectivity index (χ4v) is 7.41. The van der Waals surface area contributed by atoms with Crippen LogP contribution in [0.25, 0.3) is 11.1 Å². The average molecular weight is 802 g/mol. The Bertz CT molecular complexity index is 2380. The molecule has 0 unspecified atom stereocenters. The van der Waals surface area contributed by atoms with E-state index in [-0.39, 0.29) is 42.7 Å². The van der Waals surface area contributed by atoms with E-state index in [1.807, 2.05) is 23.2 Å². The van der Waals surface area contributed by atoms with Crippen molar-refractivity contribution < 1.29 is 38.2 Å². The number of ether oxygens (including phenoxy) is 3. The van der Waals surface area contributed by atoms with Crippen LogP contribution in [0.2, 0.25) is 0 Å². The smallest absolute Gasteiger partial charge is 0.337 e. The number of anilines is 4. The van der Waals surface area contributed by atoms with E-state index < -0.39 is 5.97 Å². The molecule has 4 amide bonds. The summed E-state index contributed by atoms with van der Waals surface area (Å²) in [7, 11) is 6.35. The van der Waals surface area contributed by atoms with Crippen molar-refractivity contribution in [3.8, 4) is 22.6 Å². The molecule has 1 saturated heterocycles. The summed E-state index contributed by atoms with van der Waals surface area (Å²) in [5.41, 5.74) is 5.69. The van der Waals surface area contributed by atoms with Crippen molar-refractivity contribution in [1.29, 1.82) is 0 Å². The molecule has 2 aromatic heterocycles. The summed E-state index contributed by atoms with van der Waals surface area (Å²) in [6.45, 7) is 1.69. The van der Waals surface area contributed by atoms with Gasteiger partial charge in [0.05, 0.1) is 43.3 Å². The van der Waals surface area contributed by atoms with E-state index in [4.69, 9.17) is 14.2 Å². The van der Waals surface area contributed by atoms with Crippen LogP contribution in [0.15, 0.2) is 85.2 Å². The molecular formula is C44H47N7O8.